The molecule has 65 heavy (non-hydrogen) atoms. The molecule has 0 aromatic heterocycles. The Hall–Kier alpha value is -1.09. The zero-order valence-corrected chi connectivity index (χ0v) is 40.2. The number of carbonyl (C=O) groups excluding carboxylic acids is 1. The van der Waals surface area contributed by atoms with Crippen LogP contribution in [-0.4, -0.2) is 163 Å². The second-order valence-corrected chi connectivity index (χ2v) is 18.9. The molecule has 2 heterocycles. The number of rotatable bonds is 40. The van der Waals surface area contributed by atoms with Crippen LogP contribution in [0.1, 0.15) is 200 Å². The van der Waals surface area contributed by atoms with Crippen LogP contribution in [0.5, 0.6) is 0 Å². The van der Waals surface area contributed by atoms with Crippen molar-refractivity contribution in [2.45, 2.75) is 286 Å². The fourth-order valence-corrected chi connectivity index (χ4v) is 8.87. The van der Waals surface area contributed by atoms with Crippen LogP contribution in [0.2, 0.25) is 0 Å². The summed E-state index contributed by atoms with van der Waals surface area (Å²) in [5.74, 6) is -0.758. The van der Waals surface area contributed by atoms with Gasteiger partial charge in [-0.1, -0.05) is 187 Å². The number of amides is 1. The zero-order chi connectivity index (χ0) is 47.8. The fraction of sp³-hybridized carbons (Fsp3) is 0.980. The van der Waals surface area contributed by atoms with Crippen molar-refractivity contribution in [2.75, 3.05) is 19.8 Å². The van der Waals surface area contributed by atoms with E-state index in [1.165, 1.54) is 116 Å². The number of unbranched alkanes of at least 4 members (excludes halogenated alkanes) is 25. The fourth-order valence-electron chi connectivity index (χ4n) is 8.87. The topological polar surface area (TPSA) is 268 Å². The summed E-state index contributed by atoms with van der Waals surface area (Å²) in [4.78, 5) is 13.3. The van der Waals surface area contributed by atoms with Crippen LogP contribution in [0.4, 0.5) is 0 Å². The molecule has 2 aliphatic rings. The molecule has 386 valence electrons. The summed E-state index contributed by atoms with van der Waals surface area (Å²) in [5, 5.41) is 108. The van der Waals surface area contributed by atoms with E-state index in [0.717, 1.165) is 44.9 Å². The Balaban J connectivity index is 1.88. The largest absolute Gasteiger partial charge is 0.394 e. The van der Waals surface area contributed by atoms with Gasteiger partial charge in [0.2, 0.25) is 5.91 Å². The molecule has 2 fully saturated rings. The van der Waals surface area contributed by atoms with Crippen molar-refractivity contribution in [1.82, 2.24) is 5.32 Å². The van der Waals surface area contributed by atoms with Gasteiger partial charge in [-0.3, -0.25) is 4.79 Å². The van der Waals surface area contributed by atoms with Crippen molar-refractivity contribution < 1.29 is 74.8 Å². The number of aliphatic hydroxyl groups is 10. The van der Waals surface area contributed by atoms with E-state index in [0.29, 0.717) is 12.8 Å². The van der Waals surface area contributed by atoms with Crippen molar-refractivity contribution in [3.8, 4) is 0 Å². The molecule has 2 saturated heterocycles. The summed E-state index contributed by atoms with van der Waals surface area (Å²) >= 11 is 0. The highest BCUT2D eigenvalue weighted by Gasteiger charge is 2.51. The van der Waals surface area contributed by atoms with Crippen molar-refractivity contribution in [1.29, 1.82) is 0 Å². The molecular formula is C49H95NO15. The number of ether oxygens (including phenoxy) is 4. The predicted molar refractivity (Wildman–Crippen MR) is 248 cm³/mol. The van der Waals surface area contributed by atoms with Gasteiger partial charge in [0.15, 0.2) is 12.6 Å². The van der Waals surface area contributed by atoms with Crippen molar-refractivity contribution in [3.05, 3.63) is 0 Å². The molecular weight excluding hydrogens is 843 g/mol. The highest BCUT2D eigenvalue weighted by molar-refractivity contribution is 5.80. The van der Waals surface area contributed by atoms with Crippen LogP contribution >= 0.6 is 0 Å². The van der Waals surface area contributed by atoms with E-state index in [1.54, 1.807) is 0 Å². The van der Waals surface area contributed by atoms with Gasteiger partial charge in [-0.2, -0.15) is 0 Å². The van der Waals surface area contributed by atoms with Crippen LogP contribution in [-0.2, 0) is 23.7 Å². The molecule has 1 amide bonds. The number of carbonyl (C=O) groups is 1. The minimum absolute atomic E-state index is 0.208. The van der Waals surface area contributed by atoms with Gasteiger partial charge in [-0.15, -0.1) is 0 Å². The highest BCUT2D eigenvalue weighted by atomic mass is 16.7. The van der Waals surface area contributed by atoms with Crippen LogP contribution in [0.3, 0.4) is 0 Å². The third-order valence-electron chi connectivity index (χ3n) is 13.3. The quantitative estimate of drug-likeness (QED) is 0.0377. The SMILES string of the molecule is CCCCCCCCCCCCCCCCCCCC(O)C(=O)NC(COC1OC(CO)C(OC2OC(CO)C(O)C(O)C2O)C(O)C1O)C(O)C(O)CCCCCCCCCCCC. The van der Waals surface area contributed by atoms with Gasteiger partial charge in [0.25, 0.3) is 0 Å². The zero-order valence-electron chi connectivity index (χ0n) is 40.2. The van der Waals surface area contributed by atoms with E-state index in [-0.39, 0.29) is 12.8 Å². The maximum Gasteiger partial charge on any atom is 0.249 e. The molecule has 14 atom stereocenters. The summed E-state index contributed by atoms with van der Waals surface area (Å²) in [7, 11) is 0. The Morgan fingerprint density at radius 2 is 0.908 bits per heavy atom. The van der Waals surface area contributed by atoms with Gasteiger partial charge in [-0.25, -0.2) is 0 Å². The average Bonchev–Trinajstić information content (AvgIpc) is 3.30. The maximum absolute atomic E-state index is 13.3. The van der Waals surface area contributed by atoms with Gasteiger partial charge >= 0.3 is 0 Å². The average molecular weight is 938 g/mol. The summed E-state index contributed by atoms with van der Waals surface area (Å²) < 4.78 is 22.5. The first kappa shape index (κ1) is 60.0. The maximum atomic E-state index is 13.3. The Bertz CT molecular complexity index is 1140. The van der Waals surface area contributed by atoms with Crippen molar-refractivity contribution in [3.63, 3.8) is 0 Å². The van der Waals surface area contributed by atoms with Gasteiger partial charge < -0.3 is 75.3 Å². The first-order valence-corrected chi connectivity index (χ1v) is 26.0. The minimum Gasteiger partial charge on any atom is -0.394 e. The molecule has 2 aliphatic heterocycles. The Morgan fingerprint density at radius 1 is 0.508 bits per heavy atom. The van der Waals surface area contributed by atoms with E-state index < -0.39 is 111 Å². The lowest BCUT2D eigenvalue weighted by atomic mass is 9.97. The number of aliphatic hydroxyl groups excluding tert-OH is 10. The third-order valence-corrected chi connectivity index (χ3v) is 13.3. The molecule has 16 nitrogen and oxygen atoms in total. The highest BCUT2D eigenvalue weighted by Crippen LogP contribution is 2.30. The number of hydrogen-bond acceptors (Lipinski definition) is 15. The molecule has 0 aliphatic carbocycles. The van der Waals surface area contributed by atoms with E-state index in [9.17, 15) is 55.9 Å². The van der Waals surface area contributed by atoms with Crippen LogP contribution in [0.15, 0.2) is 0 Å². The predicted octanol–water partition coefficient (Wildman–Crippen LogP) is 4.55. The standard InChI is InChI=1S/C49H95NO15/c1-3-5-7-9-11-13-15-16-17-18-19-20-21-23-25-27-29-31-37(54)47(61)50-35(40(55)36(53)30-28-26-24-22-14-12-10-8-6-4-2)34-62-48-45(60)43(58)46(39(33-52)64-48)65-49-44(59)42(57)41(56)38(32-51)63-49/h35-46,48-49,51-60H,3-34H2,1-2H3,(H,50,61). The monoisotopic (exact) mass is 938 g/mol. The van der Waals surface area contributed by atoms with Gasteiger partial charge in [0, 0.05) is 0 Å². The van der Waals surface area contributed by atoms with E-state index in [2.05, 4.69) is 19.2 Å². The lowest BCUT2D eigenvalue weighted by Gasteiger charge is -2.46. The summed E-state index contributed by atoms with van der Waals surface area (Å²) in [6, 6.07) is -1.27. The molecule has 0 radical (unpaired) electrons. The van der Waals surface area contributed by atoms with Crippen LogP contribution in [0.25, 0.3) is 0 Å². The van der Waals surface area contributed by atoms with E-state index in [4.69, 9.17) is 18.9 Å². The van der Waals surface area contributed by atoms with Gasteiger partial charge in [0.1, 0.15) is 61.0 Å². The molecule has 0 spiro atoms. The van der Waals surface area contributed by atoms with Crippen molar-refractivity contribution in [2.24, 2.45) is 0 Å². The first-order chi connectivity index (χ1) is 31.4. The smallest absolute Gasteiger partial charge is 0.249 e. The van der Waals surface area contributed by atoms with Crippen molar-refractivity contribution >= 4 is 5.91 Å². The van der Waals surface area contributed by atoms with Crippen LogP contribution in [0, 0.1) is 0 Å². The molecule has 2 rings (SSSR count). The normalized spacial score (nSPS) is 27.9. The lowest BCUT2D eigenvalue weighted by molar-refractivity contribution is -0.359. The molecule has 0 saturated carbocycles. The Kier molecular flexibility index (Phi) is 34.0. The minimum atomic E-state index is -1.84. The summed E-state index contributed by atoms with van der Waals surface area (Å²) in [6.07, 6.45) is 11.3. The number of hydrogen-bond donors (Lipinski definition) is 11. The molecule has 11 N–H and O–H groups in total. The van der Waals surface area contributed by atoms with Gasteiger partial charge in [0.05, 0.1) is 32.0 Å². The van der Waals surface area contributed by atoms with E-state index in [1.807, 2.05) is 0 Å². The molecule has 0 bridgehead atoms. The summed E-state index contributed by atoms with van der Waals surface area (Å²) in [6.45, 7) is 2.40. The molecule has 0 aromatic rings. The Morgan fingerprint density at radius 3 is 1.35 bits per heavy atom. The lowest BCUT2D eigenvalue weighted by Crippen LogP contribution is -2.65. The third kappa shape index (κ3) is 23.9. The summed E-state index contributed by atoms with van der Waals surface area (Å²) in [5.41, 5.74) is 0. The van der Waals surface area contributed by atoms with E-state index >= 15 is 0 Å². The number of nitrogens with one attached hydrogen (secondary N) is 1. The molecule has 16 heteroatoms. The molecule has 14 unspecified atom stereocenters. The van der Waals surface area contributed by atoms with Crippen LogP contribution < -0.4 is 5.32 Å². The second kappa shape index (κ2) is 36.8. The first-order valence-electron chi connectivity index (χ1n) is 26.0. The second-order valence-electron chi connectivity index (χ2n) is 18.9. The Labute approximate surface area is 390 Å². The molecule has 0 aromatic carbocycles. The van der Waals surface area contributed by atoms with Gasteiger partial charge in [-0.05, 0) is 12.8 Å².